The molecule has 9 nitrogen and oxygen atoms in total. The van der Waals surface area contributed by atoms with Crippen molar-refractivity contribution < 1.29 is 21.6 Å². The number of primary sulfonamides is 1. The number of morpholine rings is 1. The molecule has 1 aliphatic heterocycles. The molecule has 0 unspecified atom stereocenters. The van der Waals surface area contributed by atoms with Crippen LogP contribution in [0.1, 0.15) is 0 Å². The van der Waals surface area contributed by atoms with E-state index in [-0.39, 0.29) is 9.79 Å². The minimum Gasteiger partial charge on any atom is -0.378 e. The fourth-order valence-electron chi connectivity index (χ4n) is 2.90. The van der Waals surface area contributed by atoms with Crippen molar-refractivity contribution in [2.45, 2.75) is 9.79 Å². The van der Waals surface area contributed by atoms with Crippen LogP contribution in [0.25, 0.3) is 10.2 Å². The summed E-state index contributed by atoms with van der Waals surface area (Å²) in [6, 6.07) is 9.97. The summed E-state index contributed by atoms with van der Waals surface area (Å²) < 4.78 is 57.0. The number of nitrogens with one attached hydrogen (secondary N) is 1. The largest absolute Gasteiger partial charge is 0.378 e. The van der Waals surface area contributed by atoms with E-state index in [9.17, 15) is 16.8 Å². The van der Waals surface area contributed by atoms with E-state index in [1.54, 1.807) is 18.2 Å². The summed E-state index contributed by atoms with van der Waals surface area (Å²) >= 11 is 1.47. The molecule has 0 radical (unpaired) electrons. The maximum Gasteiger partial charge on any atom is 0.261 e. The molecule has 1 fully saturated rings. The van der Waals surface area contributed by atoms with Crippen LogP contribution in [0.5, 0.6) is 0 Å². The van der Waals surface area contributed by atoms with E-state index in [1.165, 1.54) is 29.5 Å². The number of anilines is 2. The van der Waals surface area contributed by atoms with E-state index >= 15 is 0 Å². The van der Waals surface area contributed by atoms with E-state index < -0.39 is 20.0 Å². The predicted octanol–water partition coefficient (Wildman–Crippen LogP) is 1.58. The van der Waals surface area contributed by atoms with E-state index in [0.717, 1.165) is 34.5 Å². The normalized spacial score (nSPS) is 15.6. The quantitative estimate of drug-likeness (QED) is 0.598. The molecule has 29 heavy (non-hydrogen) atoms. The first-order valence-electron chi connectivity index (χ1n) is 8.61. The molecule has 0 saturated carbocycles. The Balaban J connectivity index is 1.61. The Morgan fingerprint density at radius 2 is 1.76 bits per heavy atom. The number of hydrogen-bond donors (Lipinski definition) is 2. The lowest BCUT2D eigenvalue weighted by Crippen LogP contribution is -2.36. The minimum atomic E-state index is -4.01. The lowest BCUT2D eigenvalue weighted by Gasteiger charge is -2.25. The highest BCUT2D eigenvalue weighted by Gasteiger charge is 2.19. The summed E-state index contributed by atoms with van der Waals surface area (Å²) in [5, 5.41) is 5.95. The lowest BCUT2D eigenvalue weighted by molar-refractivity contribution is 0.122. The number of rotatable bonds is 5. The van der Waals surface area contributed by atoms with Crippen LogP contribution in [0.4, 0.5) is 10.8 Å². The van der Waals surface area contributed by atoms with Gasteiger partial charge in [0.2, 0.25) is 10.0 Å². The third-order valence-electron chi connectivity index (χ3n) is 4.36. The second kappa shape index (κ2) is 7.54. The number of hydrogen-bond acceptors (Lipinski definition) is 8. The first-order valence-corrected chi connectivity index (χ1v) is 12.5. The molecule has 4 rings (SSSR count). The summed E-state index contributed by atoms with van der Waals surface area (Å²) in [5.41, 5.74) is 1.13. The lowest BCUT2D eigenvalue weighted by atomic mass is 10.3. The molecule has 1 saturated heterocycles. The number of fused-ring (bicyclic) bond motifs is 1. The molecular formula is C17H18N4O5S3. The molecule has 3 aromatic rings. The van der Waals surface area contributed by atoms with Gasteiger partial charge in [0.05, 0.1) is 38.9 Å². The average Bonchev–Trinajstić information content (AvgIpc) is 3.11. The van der Waals surface area contributed by atoms with Gasteiger partial charge in [-0.15, -0.1) is 0 Å². The maximum atomic E-state index is 12.7. The molecular weight excluding hydrogens is 436 g/mol. The number of thiazole rings is 1. The van der Waals surface area contributed by atoms with Gasteiger partial charge < -0.3 is 9.64 Å². The highest BCUT2D eigenvalue weighted by Crippen LogP contribution is 2.31. The molecule has 0 amide bonds. The molecule has 2 aromatic carbocycles. The Morgan fingerprint density at radius 3 is 2.48 bits per heavy atom. The third-order valence-corrected chi connectivity index (χ3v) is 7.72. The van der Waals surface area contributed by atoms with Crippen molar-refractivity contribution in [2.75, 3.05) is 35.9 Å². The van der Waals surface area contributed by atoms with Gasteiger partial charge in [-0.25, -0.2) is 27.0 Å². The highest BCUT2D eigenvalue weighted by atomic mass is 32.2. The fraction of sp³-hybridized carbons (Fsp3) is 0.235. The van der Waals surface area contributed by atoms with Crippen molar-refractivity contribution in [2.24, 2.45) is 5.14 Å². The van der Waals surface area contributed by atoms with Crippen molar-refractivity contribution in [3.63, 3.8) is 0 Å². The Hall–Kier alpha value is -2.25. The number of sulfonamides is 2. The van der Waals surface area contributed by atoms with Gasteiger partial charge >= 0.3 is 0 Å². The summed E-state index contributed by atoms with van der Waals surface area (Å²) in [4.78, 5) is 6.28. The molecule has 12 heteroatoms. The zero-order valence-corrected chi connectivity index (χ0v) is 17.6. The van der Waals surface area contributed by atoms with Gasteiger partial charge in [-0.1, -0.05) is 17.4 Å². The van der Waals surface area contributed by atoms with Crippen LogP contribution in [0, 0.1) is 0 Å². The van der Waals surface area contributed by atoms with Gasteiger partial charge in [-0.05, 0) is 36.4 Å². The Morgan fingerprint density at radius 1 is 1.03 bits per heavy atom. The van der Waals surface area contributed by atoms with Gasteiger partial charge in [0.1, 0.15) is 0 Å². The van der Waals surface area contributed by atoms with Crippen LogP contribution in [0.3, 0.4) is 0 Å². The predicted molar refractivity (Wildman–Crippen MR) is 111 cm³/mol. The van der Waals surface area contributed by atoms with Crippen LogP contribution in [-0.2, 0) is 24.8 Å². The molecule has 0 atom stereocenters. The number of ether oxygens (including phenoxy) is 1. The number of benzene rings is 2. The topological polar surface area (TPSA) is 132 Å². The van der Waals surface area contributed by atoms with Crippen molar-refractivity contribution >= 4 is 52.4 Å². The third kappa shape index (κ3) is 4.36. The highest BCUT2D eigenvalue weighted by molar-refractivity contribution is 7.93. The standard InChI is InChI=1S/C17H18N4O5S3/c18-28(22,23)13-2-1-3-14(11-13)29(24,25)20-12-4-5-15-16(10-12)27-17(19-15)21-6-8-26-9-7-21/h1-5,10-11,20H,6-9H2,(H2,18,22,23). The van der Waals surface area contributed by atoms with Crippen LogP contribution >= 0.6 is 11.3 Å². The summed E-state index contributed by atoms with van der Waals surface area (Å²) in [5.74, 6) is 0. The van der Waals surface area contributed by atoms with E-state index in [1.807, 2.05) is 0 Å². The van der Waals surface area contributed by atoms with Crippen molar-refractivity contribution in [3.05, 3.63) is 42.5 Å². The minimum absolute atomic E-state index is 0.192. The number of aromatic nitrogens is 1. The zero-order chi connectivity index (χ0) is 20.6. The van der Waals surface area contributed by atoms with Gasteiger partial charge in [-0.2, -0.15) is 0 Å². The molecule has 0 aliphatic carbocycles. The maximum absolute atomic E-state index is 12.7. The van der Waals surface area contributed by atoms with Crippen molar-refractivity contribution in [3.8, 4) is 0 Å². The monoisotopic (exact) mass is 454 g/mol. The van der Waals surface area contributed by atoms with Gasteiger partial charge in [0.25, 0.3) is 10.0 Å². The van der Waals surface area contributed by atoms with Crippen molar-refractivity contribution in [1.29, 1.82) is 0 Å². The average molecular weight is 455 g/mol. The van der Waals surface area contributed by atoms with E-state index in [2.05, 4.69) is 14.6 Å². The smallest absolute Gasteiger partial charge is 0.261 e. The summed E-state index contributed by atoms with van der Waals surface area (Å²) in [6.45, 7) is 2.83. The van der Waals surface area contributed by atoms with Gasteiger partial charge in [0.15, 0.2) is 5.13 Å². The molecule has 154 valence electrons. The second-order valence-electron chi connectivity index (χ2n) is 6.40. The summed E-state index contributed by atoms with van der Waals surface area (Å²) in [7, 11) is -8.00. The van der Waals surface area contributed by atoms with Crippen LogP contribution in [0.2, 0.25) is 0 Å². The van der Waals surface area contributed by atoms with E-state index in [0.29, 0.717) is 18.9 Å². The first kappa shape index (κ1) is 20.0. The molecule has 3 N–H and O–H groups in total. The van der Waals surface area contributed by atoms with E-state index in [4.69, 9.17) is 9.88 Å². The summed E-state index contributed by atoms with van der Waals surface area (Å²) in [6.07, 6.45) is 0. The molecule has 0 spiro atoms. The first-order chi connectivity index (χ1) is 13.7. The van der Waals surface area contributed by atoms with Gasteiger partial charge in [0, 0.05) is 13.1 Å². The molecule has 2 heterocycles. The Bertz CT molecular complexity index is 1270. The zero-order valence-electron chi connectivity index (χ0n) is 15.1. The number of nitrogens with zero attached hydrogens (tertiary/aromatic N) is 2. The fourth-order valence-corrected chi connectivity index (χ4v) is 5.68. The van der Waals surface area contributed by atoms with Crippen LogP contribution in [-0.4, -0.2) is 48.1 Å². The Labute approximate surface area is 172 Å². The second-order valence-corrected chi connectivity index (χ2v) is 10.7. The van der Waals surface area contributed by atoms with Crippen molar-refractivity contribution in [1.82, 2.24) is 4.98 Å². The Kier molecular flexibility index (Phi) is 5.21. The molecule has 0 bridgehead atoms. The van der Waals surface area contributed by atoms with Crippen LogP contribution < -0.4 is 14.8 Å². The number of nitrogens with two attached hydrogens (primary N) is 1. The molecule has 1 aliphatic rings. The van der Waals surface area contributed by atoms with Crippen LogP contribution in [0.15, 0.2) is 52.3 Å². The molecule has 1 aromatic heterocycles. The van der Waals surface area contributed by atoms with Gasteiger partial charge in [-0.3, -0.25) is 4.72 Å². The SMILES string of the molecule is NS(=O)(=O)c1cccc(S(=O)(=O)Nc2ccc3nc(N4CCOCC4)sc3c2)c1.